The molecule has 1 aromatic rings. The smallest absolute Gasteiger partial charge is 0.223 e. The summed E-state index contributed by atoms with van der Waals surface area (Å²) in [5.74, 6) is 0.120. The van der Waals surface area contributed by atoms with E-state index in [2.05, 4.69) is 40.7 Å². The van der Waals surface area contributed by atoms with Gasteiger partial charge in [0.15, 0.2) is 0 Å². The van der Waals surface area contributed by atoms with Gasteiger partial charge in [-0.05, 0) is 62.2 Å². The van der Waals surface area contributed by atoms with Gasteiger partial charge in [0.1, 0.15) is 0 Å². The fourth-order valence-corrected chi connectivity index (χ4v) is 3.12. The molecule has 1 N–H and O–H groups in total. The zero-order valence-electron chi connectivity index (χ0n) is 13.8. The minimum atomic E-state index is 0.120. The largest absolute Gasteiger partial charge is 0.319 e. The second-order valence-corrected chi connectivity index (χ2v) is 6.00. The minimum absolute atomic E-state index is 0.120. The number of benzene rings is 1. The van der Waals surface area contributed by atoms with E-state index < -0.39 is 0 Å². The van der Waals surface area contributed by atoms with Crippen LogP contribution in [0.1, 0.15) is 30.9 Å². The molecule has 4 heteroatoms. The SMILES string of the molecule is CNCCC=C1C=C(c2ccc3c(c2)CCCN3C(C)=O)C=N1. The van der Waals surface area contributed by atoms with Gasteiger partial charge in [-0.25, -0.2) is 0 Å². The van der Waals surface area contributed by atoms with E-state index in [-0.39, 0.29) is 5.91 Å². The van der Waals surface area contributed by atoms with Gasteiger partial charge in [-0.1, -0.05) is 12.1 Å². The lowest BCUT2D eigenvalue weighted by Gasteiger charge is -2.29. The fourth-order valence-electron chi connectivity index (χ4n) is 3.12. The number of fused-ring (bicyclic) bond motifs is 1. The summed E-state index contributed by atoms with van der Waals surface area (Å²) in [6, 6.07) is 6.37. The summed E-state index contributed by atoms with van der Waals surface area (Å²) in [6.07, 6.45) is 9.24. The van der Waals surface area contributed by atoms with Crippen molar-refractivity contribution in [3.05, 3.63) is 47.2 Å². The number of nitrogens with zero attached hydrogens (tertiary/aromatic N) is 2. The van der Waals surface area contributed by atoms with Crippen molar-refractivity contribution in [3.63, 3.8) is 0 Å². The number of rotatable bonds is 4. The number of amides is 1. The molecule has 1 aromatic carbocycles. The standard InChI is InChI=1S/C19H23N3O/c1-14(23)22-10-4-5-16-11-15(7-8-19(16)22)17-12-18(21-13-17)6-3-9-20-2/h6-8,11-13,20H,3-5,9-10H2,1-2H3. The van der Waals surface area contributed by atoms with Crippen LogP contribution in [0, 0.1) is 0 Å². The van der Waals surface area contributed by atoms with Crippen LogP contribution >= 0.6 is 0 Å². The molecule has 2 heterocycles. The average Bonchev–Trinajstić information content (AvgIpc) is 3.03. The highest BCUT2D eigenvalue weighted by Gasteiger charge is 2.20. The molecule has 23 heavy (non-hydrogen) atoms. The van der Waals surface area contributed by atoms with Gasteiger partial charge in [-0.2, -0.15) is 0 Å². The summed E-state index contributed by atoms with van der Waals surface area (Å²) in [5.41, 5.74) is 5.66. The van der Waals surface area contributed by atoms with E-state index in [0.717, 1.165) is 49.3 Å². The Hall–Kier alpha value is -2.20. The van der Waals surface area contributed by atoms with Gasteiger partial charge in [0.05, 0.1) is 5.70 Å². The van der Waals surface area contributed by atoms with Crippen molar-refractivity contribution in [1.29, 1.82) is 0 Å². The third kappa shape index (κ3) is 3.42. The Bertz CT molecular complexity index is 701. The second-order valence-electron chi connectivity index (χ2n) is 6.00. The summed E-state index contributed by atoms with van der Waals surface area (Å²) in [6.45, 7) is 3.42. The molecule has 0 aromatic heterocycles. The molecule has 0 bridgehead atoms. The molecule has 2 aliphatic heterocycles. The number of nitrogens with one attached hydrogen (secondary N) is 1. The molecule has 3 rings (SSSR count). The predicted molar refractivity (Wildman–Crippen MR) is 95.9 cm³/mol. The van der Waals surface area contributed by atoms with Crippen LogP contribution < -0.4 is 10.2 Å². The van der Waals surface area contributed by atoms with Crippen LogP contribution in [0.15, 0.2) is 41.0 Å². The van der Waals surface area contributed by atoms with E-state index in [4.69, 9.17) is 0 Å². The predicted octanol–water partition coefficient (Wildman–Crippen LogP) is 2.95. The lowest BCUT2D eigenvalue weighted by Crippen LogP contribution is -2.33. The first kappa shape index (κ1) is 15.7. The molecule has 0 atom stereocenters. The molecule has 0 fully saturated rings. The maximum Gasteiger partial charge on any atom is 0.223 e. The molecule has 0 saturated heterocycles. The van der Waals surface area contributed by atoms with Gasteiger partial charge in [0.2, 0.25) is 5.91 Å². The summed E-state index contributed by atoms with van der Waals surface area (Å²) < 4.78 is 0. The highest BCUT2D eigenvalue weighted by molar-refractivity contribution is 6.13. The van der Waals surface area contributed by atoms with E-state index in [1.165, 1.54) is 11.1 Å². The molecule has 0 spiro atoms. The monoisotopic (exact) mass is 309 g/mol. The van der Waals surface area contributed by atoms with Crippen LogP contribution in [-0.4, -0.2) is 32.3 Å². The first-order valence-electron chi connectivity index (χ1n) is 8.21. The highest BCUT2D eigenvalue weighted by atomic mass is 16.2. The lowest BCUT2D eigenvalue weighted by molar-refractivity contribution is -0.116. The van der Waals surface area contributed by atoms with Crippen LogP contribution in [0.4, 0.5) is 5.69 Å². The zero-order chi connectivity index (χ0) is 16.2. The third-order valence-corrected chi connectivity index (χ3v) is 4.32. The van der Waals surface area contributed by atoms with E-state index in [1.54, 1.807) is 6.92 Å². The number of hydrogen-bond donors (Lipinski definition) is 1. The summed E-state index contributed by atoms with van der Waals surface area (Å²) in [7, 11) is 1.95. The molecule has 2 aliphatic rings. The van der Waals surface area contributed by atoms with E-state index in [1.807, 2.05) is 18.2 Å². The van der Waals surface area contributed by atoms with Crippen LogP contribution in [0.25, 0.3) is 5.57 Å². The third-order valence-electron chi connectivity index (χ3n) is 4.32. The van der Waals surface area contributed by atoms with Gasteiger partial charge < -0.3 is 10.2 Å². The average molecular weight is 309 g/mol. The maximum absolute atomic E-state index is 11.8. The first-order valence-corrected chi connectivity index (χ1v) is 8.21. The minimum Gasteiger partial charge on any atom is -0.319 e. The molecule has 120 valence electrons. The van der Waals surface area contributed by atoms with Gasteiger partial charge >= 0.3 is 0 Å². The zero-order valence-corrected chi connectivity index (χ0v) is 13.8. The van der Waals surface area contributed by atoms with Gasteiger partial charge in [0.25, 0.3) is 0 Å². The van der Waals surface area contributed by atoms with Crippen LogP contribution in [0.2, 0.25) is 0 Å². The van der Waals surface area contributed by atoms with Crippen molar-refractivity contribution in [2.45, 2.75) is 26.2 Å². The number of hydrogen-bond acceptors (Lipinski definition) is 3. The van der Waals surface area contributed by atoms with Gasteiger partial charge in [-0.15, -0.1) is 0 Å². The summed E-state index contributed by atoms with van der Waals surface area (Å²) in [4.78, 5) is 18.1. The van der Waals surface area contributed by atoms with Crippen molar-refractivity contribution in [2.75, 3.05) is 25.0 Å². The summed E-state index contributed by atoms with van der Waals surface area (Å²) in [5, 5.41) is 3.13. The Morgan fingerprint density at radius 1 is 1.43 bits per heavy atom. The molecule has 0 radical (unpaired) electrons. The van der Waals surface area contributed by atoms with Crippen LogP contribution in [0.3, 0.4) is 0 Å². The fraction of sp³-hybridized carbons (Fsp3) is 0.368. The number of anilines is 1. The highest BCUT2D eigenvalue weighted by Crippen LogP contribution is 2.31. The first-order chi connectivity index (χ1) is 11.2. The maximum atomic E-state index is 11.8. The van der Waals surface area contributed by atoms with Gasteiger partial charge in [0, 0.05) is 30.9 Å². The topological polar surface area (TPSA) is 44.7 Å². The number of allylic oxidation sites excluding steroid dienone is 2. The quantitative estimate of drug-likeness (QED) is 0.869. The molecule has 0 aliphatic carbocycles. The number of carbonyl (C=O) groups is 1. The Kier molecular flexibility index (Phi) is 4.72. The normalized spacial score (nSPS) is 18.3. The van der Waals surface area contributed by atoms with Gasteiger partial charge in [-0.3, -0.25) is 9.79 Å². The summed E-state index contributed by atoms with van der Waals surface area (Å²) >= 11 is 0. The van der Waals surface area contributed by atoms with E-state index in [0.29, 0.717) is 0 Å². The van der Waals surface area contributed by atoms with Crippen molar-refractivity contribution < 1.29 is 4.79 Å². The Balaban J connectivity index is 1.83. The molecule has 0 unspecified atom stereocenters. The Morgan fingerprint density at radius 3 is 3.09 bits per heavy atom. The second kappa shape index (κ2) is 6.92. The van der Waals surface area contributed by atoms with Crippen molar-refractivity contribution in [3.8, 4) is 0 Å². The van der Waals surface area contributed by atoms with E-state index >= 15 is 0 Å². The molecular formula is C19H23N3O. The molecule has 4 nitrogen and oxygen atoms in total. The number of aliphatic imine (C=N–C) groups is 1. The van der Waals surface area contributed by atoms with Crippen LogP contribution in [-0.2, 0) is 11.2 Å². The number of carbonyl (C=O) groups excluding carboxylic acids is 1. The molecule has 0 saturated carbocycles. The van der Waals surface area contributed by atoms with Crippen molar-refractivity contribution >= 4 is 23.4 Å². The van der Waals surface area contributed by atoms with Crippen LogP contribution in [0.5, 0.6) is 0 Å². The van der Waals surface area contributed by atoms with E-state index in [9.17, 15) is 4.79 Å². The molecule has 1 amide bonds. The molecular weight excluding hydrogens is 286 g/mol. The Labute approximate surface area is 137 Å². The van der Waals surface area contributed by atoms with Crippen molar-refractivity contribution in [2.24, 2.45) is 4.99 Å². The lowest BCUT2D eigenvalue weighted by atomic mass is 9.96. The number of aryl methyl sites for hydroxylation is 1. The Morgan fingerprint density at radius 2 is 2.30 bits per heavy atom. The van der Waals surface area contributed by atoms with Crippen molar-refractivity contribution in [1.82, 2.24) is 5.32 Å².